The highest BCUT2D eigenvalue weighted by Gasteiger charge is 2.28. The average Bonchev–Trinajstić information content (AvgIpc) is 3.10. The molecule has 0 bridgehead atoms. The molecule has 3 aromatic rings. The maximum Gasteiger partial charge on any atom is 0.410 e. The Bertz CT molecular complexity index is 1160. The molecule has 164 valence electrons. The lowest BCUT2D eigenvalue weighted by molar-refractivity contribution is -0.130. The van der Waals surface area contributed by atoms with Crippen LogP contribution >= 0.6 is 0 Å². The number of furan rings is 1. The first-order valence-electron chi connectivity index (χ1n) is 10.3. The van der Waals surface area contributed by atoms with Crippen molar-refractivity contribution in [2.45, 2.75) is 31.3 Å². The molecule has 2 amide bonds. The molecule has 1 aromatic heterocycles. The van der Waals surface area contributed by atoms with Crippen molar-refractivity contribution in [2.24, 2.45) is 0 Å². The Kier molecular flexibility index (Phi) is 5.75. The summed E-state index contributed by atoms with van der Waals surface area (Å²) < 4.78 is 24.1. The van der Waals surface area contributed by atoms with Crippen LogP contribution in [0.3, 0.4) is 0 Å². The number of ether oxygens (including phenoxy) is 1. The average molecular weight is 443 g/mol. The van der Waals surface area contributed by atoms with Crippen LogP contribution < -0.4 is 0 Å². The van der Waals surface area contributed by atoms with Gasteiger partial charge in [-0.15, -0.1) is 0 Å². The van der Waals surface area contributed by atoms with E-state index in [1.54, 1.807) is 21.9 Å². The number of para-hydroxylation sites is 1. The number of hydrogen-bond donors (Lipinski definition) is 0. The van der Waals surface area contributed by atoms with Gasteiger partial charge in [0.1, 0.15) is 22.5 Å². The zero-order chi connectivity index (χ0) is 22.2. The lowest BCUT2D eigenvalue weighted by Gasteiger charge is -2.35. The highest BCUT2D eigenvalue weighted by Crippen LogP contribution is 2.30. The van der Waals surface area contributed by atoms with Crippen molar-refractivity contribution < 1.29 is 23.0 Å². The zero-order valence-corrected chi connectivity index (χ0v) is 18.7. The van der Waals surface area contributed by atoms with Crippen LogP contribution in [-0.2, 0) is 20.3 Å². The largest absolute Gasteiger partial charge is 0.456 e. The number of hydrogen-bond acceptors (Lipinski definition) is 5. The van der Waals surface area contributed by atoms with Gasteiger partial charge in [-0.2, -0.15) is 0 Å². The van der Waals surface area contributed by atoms with E-state index < -0.39 is 16.4 Å². The summed E-state index contributed by atoms with van der Waals surface area (Å²) in [6.07, 6.45) is -0.371. The molecule has 31 heavy (non-hydrogen) atoms. The van der Waals surface area contributed by atoms with Crippen molar-refractivity contribution >= 4 is 44.7 Å². The second-order valence-corrected chi connectivity index (χ2v) is 10.0. The number of fused-ring (bicyclic) bond motifs is 3. The van der Waals surface area contributed by atoms with Crippen molar-refractivity contribution in [3.05, 3.63) is 42.5 Å². The first kappa shape index (κ1) is 21.4. The maximum absolute atomic E-state index is 12.9. The Labute approximate surface area is 183 Å². The summed E-state index contributed by atoms with van der Waals surface area (Å²) in [4.78, 5) is 28.7. The van der Waals surface area contributed by atoms with E-state index in [0.717, 1.165) is 21.9 Å². The van der Waals surface area contributed by atoms with E-state index in [1.165, 1.54) is 0 Å². The summed E-state index contributed by atoms with van der Waals surface area (Å²) in [5.41, 5.74) is 0.952. The standard InChI is InChI=1S/C23H26N2O5S/c1-23(2,3)30-22(27)25-12-10-24(11-13-25)21(26)15-31(28)16-8-9-20-18(14-16)17-6-4-5-7-19(17)29-20/h4-9,14H,10-13,15H2,1-3H3. The second-order valence-electron chi connectivity index (χ2n) is 8.59. The monoisotopic (exact) mass is 442 g/mol. The minimum atomic E-state index is -1.47. The predicted molar refractivity (Wildman–Crippen MR) is 119 cm³/mol. The summed E-state index contributed by atoms with van der Waals surface area (Å²) in [5.74, 6) is -0.271. The highest BCUT2D eigenvalue weighted by atomic mass is 32.2. The van der Waals surface area contributed by atoms with E-state index >= 15 is 0 Å². The SMILES string of the molecule is CC(C)(C)OC(=O)N1CCN(C(=O)CS(=O)c2ccc3oc4ccccc4c3c2)CC1. The normalized spacial score (nSPS) is 16.0. The molecule has 4 rings (SSSR count). The molecule has 0 radical (unpaired) electrons. The van der Waals surface area contributed by atoms with Crippen LogP contribution in [-0.4, -0.2) is 63.5 Å². The number of nitrogens with zero attached hydrogens (tertiary/aromatic N) is 2. The Morgan fingerprint density at radius 3 is 2.32 bits per heavy atom. The van der Waals surface area contributed by atoms with Gasteiger partial charge in [0.15, 0.2) is 0 Å². The number of rotatable bonds is 3. The molecule has 2 heterocycles. The van der Waals surface area contributed by atoms with Gasteiger partial charge in [-0.1, -0.05) is 18.2 Å². The predicted octanol–water partition coefficient (Wildman–Crippen LogP) is 3.77. The molecule has 1 fully saturated rings. The van der Waals surface area contributed by atoms with Crippen LogP contribution in [0.15, 0.2) is 51.8 Å². The lowest BCUT2D eigenvalue weighted by atomic mass is 10.1. The van der Waals surface area contributed by atoms with Gasteiger partial charge in [0.25, 0.3) is 0 Å². The number of benzene rings is 2. The van der Waals surface area contributed by atoms with Gasteiger partial charge in [-0.3, -0.25) is 9.00 Å². The van der Waals surface area contributed by atoms with E-state index in [4.69, 9.17) is 9.15 Å². The number of piperazine rings is 1. The Morgan fingerprint density at radius 2 is 1.61 bits per heavy atom. The molecule has 7 nitrogen and oxygen atoms in total. The van der Waals surface area contributed by atoms with Crippen LogP contribution in [0.2, 0.25) is 0 Å². The number of carbonyl (C=O) groups is 2. The second kappa shape index (κ2) is 8.34. The summed E-state index contributed by atoms with van der Waals surface area (Å²) >= 11 is 0. The minimum absolute atomic E-state index is 0.0896. The van der Waals surface area contributed by atoms with E-state index in [1.807, 2.05) is 51.1 Å². The van der Waals surface area contributed by atoms with Crippen LogP contribution in [0, 0.1) is 0 Å². The third-order valence-corrected chi connectivity index (χ3v) is 6.44. The zero-order valence-electron chi connectivity index (χ0n) is 17.9. The fraction of sp³-hybridized carbons (Fsp3) is 0.391. The first-order chi connectivity index (χ1) is 14.7. The Balaban J connectivity index is 1.38. The van der Waals surface area contributed by atoms with Gasteiger partial charge in [0.05, 0.1) is 10.8 Å². The number of carbonyl (C=O) groups excluding carboxylic acids is 2. The molecule has 1 aliphatic rings. The molecule has 8 heteroatoms. The fourth-order valence-electron chi connectivity index (χ4n) is 3.60. The molecule has 2 aromatic carbocycles. The molecule has 1 atom stereocenters. The van der Waals surface area contributed by atoms with Gasteiger partial charge >= 0.3 is 6.09 Å². The quantitative estimate of drug-likeness (QED) is 0.617. The van der Waals surface area contributed by atoms with Crippen molar-refractivity contribution in [3.63, 3.8) is 0 Å². The maximum atomic E-state index is 12.9. The lowest BCUT2D eigenvalue weighted by Crippen LogP contribution is -2.52. The Morgan fingerprint density at radius 1 is 0.968 bits per heavy atom. The molecular formula is C23H26N2O5S. The van der Waals surface area contributed by atoms with E-state index in [-0.39, 0.29) is 17.8 Å². The smallest absolute Gasteiger partial charge is 0.410 e. The third-order valence-electron chi connectivity index (χ3n) is 5.15. The van der Waals surface area contributed by atoms with E-state index in [2.05, 4.69) is 0 Å². The topological polar surface area (TPSA) is 80.1 Å². The van der Waals surface area contributed by atoms with Gasteiger partial charge in [-0.25, -0.2) is 4.79 Å². The Hall–Kier alpha value is -2.87. The van der Waals surface area contributed by atoms with Crippen molar-refractivity contribution in [3.8, 4) is 0 Å². The first-order valence-corrected chi connectivity index (χ1v) is 11.6. The summed E-state index contributed by atoms with van der Waals surface area (Å²) in [5, 5.41) is 1.85. The van der Waals surface area contributed by atoms with E-state index in [9.17, 15) is 13.8 Å². The van der Waals surface area contributed by atoms with Crippen LogP contribution in [0.4, 0.5) is 4.79 Å². The molecule has 1 unspecified atom stereocenters. The summed E-state index contributed by atoms with van der Waals surface area (Å²) in [7, 11) is -1.47. The number of amides is 2. The summed E-state index contributed by atoms with van der Waals surface area (Å²) in [6.45, 7) is 7.08. The van der Waals surface area contributed by atoms with Crippen molar-refractivity contribution in [1.29, 1.82) is 0 Å². The molecule has 0 saturated carbocycles. The van der Waals surface area contributed by atoms with Gasteiger partial charge < -0.3 is 19.0 Å². The molecular weight excluding hydrogens is 416 g/mol. The van der Waals surface area contributed by atoms with Gasteiger partial charge in [0, 0.05) is 41.8 Å². The molecule has 1 saturated heterocycles. The molecule has 0 spiro atoms. The minimum Gasteiger partial charge on any atom is -0.456 e. The highest BCUT2D eigenvalue weighted by molar-refractivity contribution is 7.85. The van der Waals surface area contributed by atoms with Crippen LogP contribution in [0.1, 0.15) is 20.8 Å². The van der Waals surface area contributed by atoms with E-state index in [0.29, 0.717) is 31.1 Å². The fourth-order valence-corrected chi connectivity index (χ4v) is 4.64. The molecule has 0 aliphatic carbocycles. The van der Waals surface area contributed by atoms with Gasteiger partial charge in [0.2, 0.25) is 5.91 Å². The summed E-state index contributed by atoms with van der Waals surface area (Å²) in [6, 6.07) is 13.1. The van der Waals surface area contributed by atoms with Crippen LogP contribution in [0.25, 0.3) is 21.9 Å². The molecule has 1 aliphatic heterocycles. The van der Waals surface area contributed by atoms with Crippen LogP contribution in [0.5, 0.6) is 0 Å². The molecule has 0 N–H and O–H groups in total. The third kappa shape index (κ3) is 4.74. The van der Waals surface area contributed by atoms with Gasteiger partial charge in [-0.05, 0) is 45.0 Å². The van der Waals surface area contributed by atoms with Crippen molar-refractivity contribution in [2.75, 3.05) is 31.9 Å². The van der Waals surface area contributed by atoms with Crippen molar-refractivity contribution in [1.82, 2.24) is 9.80 Å².